The van der Waals surface area contributed by atoms with Gasteiger partial charge in [0.25, 0.3) is 0 Å². The molecule has 0 spiro atoms. The van der Waals surface area contributed by atoms with Crippen molar-refractivity contribution in [2.45, 2.75) is 50.9 Å². The van der Waals surface area contributed by atoms with E-state index in [9.17, 15) is 18.0 Å². The van der Waals surface area contributed by atoms with Crippen molar-refractivity contribution in [1.82, 2.24) is 10.2 Å². The van der Waals surface area contributed by atoms with Crippen LogP contribution in [0, 0.1) is 0 Å². The van der Waals surface area contributed by atoms with Gasteiger partial charge in [0, 0.05) is 13.6 Å². The number of carbonyl (C=O) groups is 2. The van der Waals surface area contributed by atoms with E-state index in [1.165, 1.54) is 19.1 Å². The molecule has 1 aromatic rings. The number of urea groups is 1. The van der Waals surface area contributed by atoms with E-state index in [2.05, 4.69) is 16.6 Å². The molecule has 0 heterocycles. The highest BCUT2D eigenvalue weighted by atomic mass is 32.2. The average Bonchev–Trinajstić information content (AvgIpc) is 3.48. The summed E-state index contributed by atoms with van der Waals surface area (Å²) in [7, 11) is 0.280. The van der Waals surface area contributed by atoms with Crippen LogP contribution in [0.2, 0.25) is 0 Å². The Morgan fingerprint density at radius 2 is 1.96 bits per heavy atom. The first-order chi connectivity index (χ1) is 13.4. The molecule has 0 unspecified atom stereocenters. The second kappa shape index (κ2) is 9.68. The van der Waals surface area contributed by atoms with Gasteiger partial charge in [-0.05, 0) is 37.0 Å². The van der Waals surface area contributed by atoms with Gasteiger partial charge in [-0.15, -0.1) is 4.36 Å². The number of benzene rings is 1. The van der Waals surface area contributed by atoms with E-state index in [0.29, 0.717) is 30.7 Å². The summed E-state index contributed by atoms with van der Waals surface area (Å²) in [6.45, 7) is 2.46. The van der Waals surface area contributed by atoms with Crippen LogP contribution >= 0.6 is 0 Å². The monoisotopic (exact) mass is 409 g/mol. The Kier molecular flexibility index (Phi) is 7.56. The van der Waals surface area contributed by atoms with Gasteiger partial charge in [-0.2, -0.15) is 8.42 Å². The van der Waals surface area contributed by atoms with E-state index in [0.717, 1.165) is 25.7 Å². The van der Waals surface area contributed by atoms with Crippen molar-refractivity contribution in [3.63, 3.8) is 0 Å². The number of ether oxygens (including phenoxy) is 1. The van der Waals surface area contributed by atoms with Crippen LogP contribution in [0.25, 0.3) is 0 Å². The molecule has 0 atom stereocenters. The first kappa shape index (κ1) is 21.9. The second-order valence-electron chi connectivity index (χ2n) is 6.85. The van der Waals surface area contributed by atoms with Crippen molar-refractivity contribution in [2.75, 3.05) is 20.7 Å². The van der Waals surface area contributed by atoms with E-state index in [-0.39, 0.29) is 11.6 Å². The fourth-order valence-corrected chi connectivity index (χ4v) is 3.58. The molecule has 0 aliphatic heterocycles. The number of nitrogens with zero attached hydrogens (tertiary/aromatic N) is 2. The number of rotatable bonds is 9. The summed E-state index contributed by atoms with van der Waals surface area (Å²) in [4.78, 5) is 26.8. The van der Waals surface area contributed by atoms with E-state index in [4.69, 9.17) is 4.74 Å². The molecular formula is C19H27N3O5S. The Hall–Kier alpha value is -2.42. The van der Waals surface area contributed by atoms with Crippen LogP contribution in [-0.4, -0.2) is 46.0 Å². The lowest BCUT2D eigenvalue weighted by Crippen LogP contribution is -2.47. The van der Waals surface area contributed by atoms with E-state index in [1.54, 1.807) is 18.2 Å². The maximum absolute atomic E-state index is 13.3. The van der Waals surface area contributed by atoms with Gasteiger partial charge in [0.05, 0.1) is 12.5 Å². The summed E-state index contributed by atoms with van der Waals surface area (Å²) in [6.07, 6.45) is 5.02. The Balaban J connectivity index is 2.32. The van der Waals surface area contributed by atoms with Gasteiger partial charge in [0.15, 0.2) is 0 Å². The highest BCUT2D eigenvalue weighted by molar-refractivity contribution is 7.61. The van der Waals surface area contributed by atoms with Gasteiger partial charge < -0.3 is 10.1 Å². The van der Waals surface area contributed by atoms with Crippen molar-refractivity contribution in [1.29, 1.82) is 0 Å². The Labute approximate surface area is 167 Å². The second-order valence-corrected chi connectivity index (χ2v) is 7.47. The zero-order valence-electron chi connectivity index (χ0n) is 16.5. The molecule has 9 heteroatoms. The summed E-state index contributed by atoms with van der Waals surface area (Å²) in [5, 5.41) is 2.54. The number of carbonyl (C=O) groups excluding carboxylic acids is 2. The molecule has 3 amide bonds. The molecule has 2 rings (SSSR count). The zero-order valence-corrected chi connectivity index (χ0v) is 17.3. The quantitative estimate of drug-likeness (QED) is 0.631. The fraction of sp³-hybridized carbons (Fsp3) is 0.579. The largest absolute Gasteiger partial charge is 0.494 e. The number of methoxy groups -OCH3 is 1. The van der Waals surface area contributed by atoms with Gasteiger partial charge in [0.1, 0.15) is 11.4 Å². The van der Waals surface area contributed by atoms with Gasteiger partial charge in [-0.3, -0.25) is 9.69 Å². The number of hydrogen-bond acceptors (Lipinski definition) is 6. The van der Waals surface area contributed by atoms with Crippen LogP contribution in [0.1, 0.15) is 51.0 Å². The van der Waals surface area contributed by atoms with Gasteiger partial charge in [0.2, 0.25) is 5.91 Å². The average molecular weight is 410 g/mol. The molecule has 0 aromatic heterocycles. The minimum absolute atomic E-state index is 0.141. The van der Waals surface area contributed by atoms with Gasteiger partial charge >= 0.3 is 16.5 Å². The van der Waals surface area contributed by atoms with Crippen LogP contribution in [-0.2, 0) is 20.7 Å². The normalized spacial score (nSPS) is 14.1. The molecule has 0 bridgehead atoms. The summed E-state index contributed by atoms with van der Waals surface area (Å²) >= 11 is 0. The van der Waals surface area contributed by atoms with E-state index >= 15 is 0 Å². The van der Waals surface area contributed by atoms with Crippen molar-refractivity contribution < 1.29 is 22.7 Å². The van der Waals surface area contributed by atoms with Crippen molar-refractivity contribution in [2.24, 2.45) is 4.36 Å². The van der Waals surface area contributed by atoms with Crippen LogP contribution < -0.4 is 10.1 Å². The highest BCUT2D eigenvalue weighted by Gasteiger charge is 2.54. The number of imide groups is 1. The highest BCUT2D eigenvalue weighted by Crippen LogP contribution is 2.51. The van der Waals surface area contributed by atoms with Crippen molar-refractivity contribution in [3.05, 3.63) is 23.8 Å². The third kappa shape index (κ3) is 4.89. The first-order valence-corrected chi connectivity index (χ1v) is 10.5. The van der Waals surface area contributed by atoms with Crippen LogP contribution in [0.3, 0.4) is 0 Å². The molecule has 8 nitrogen and oxygen atoms in total. The summed E-state index contributed by atoms with van der Waals surface area (Å²) in [5.74, 6) is 0.0432. The molecule has 1 aromatic carbocycles. The minimum atomic E-state index is -2.64. The van der Waals surface area contributed by atoms with Gasteiger partial charge in [-0.25, -0.2) is 4.79 Å². The summed E-state index contributed by atoms with van der Waals surface area (Å²) in [6, 6.07) is 4.46. The van der Waals surface area contributed by atoms with Gasteiger partial charge in [-0.1, -0.05) is 32.3 Å². The topological polar surface area (TPSA) is 105 Å². The molecule has 1 aliphatic carbocycles. The third-order valence-corrected chi connectivity index (χ3v) is 5.35. The molecule has 1 N–H and O–H groups in total. The smallest absolute Gasteiger partial charge is 0.323 e. The Morgan fingerprint density at radius 1 is 1.25 bits per heavy atom. The predicted molar refractivity (Wildman–Crippen MR) is 105 cm³/mol. The minimum Gasteiger partial charge on any atom is -0.494 e. The van der Waals surface area contributed by atoms with Crippen LogP contribution in [0.15, 0.2) is 22.6 Å². The SMILES string of the molecule is CCCCCCN(C(=O)NC)C(=O)C1(c2ccc(OC)c(N=S(=O)=O)c2)CC1. The molecular weight excluding hydrogens is 382 g/mol. The maximum atomic E-state index is 13.3. The number of amides is 3. The third-order valence-electron chi connectivity index (χ3n) is 5.00. The van der Waals surface area contributed by atoms with E-state index in [1.807, 2.05) is 0 Å². The zero-order chi connectivity index (χ0) is 20.7. The summed E-state index contributed by atoms with van der Waals surface area (Å²) in [5.41, 5.74) is -0.0372. The first-order valence-electron chi connectivity index (χ1n) is 9.43. The van der Waals surface area contributed by atoms with Crippen molar-refractivity contribution >= 4 is 28.1 Å². The lowest BCUT2D eigenvalue weighted by Gasteiger charge is -2.26. The molecule has 0 saturated heterocycles. The lowest BCUT2D eigenvalue weighted by molar-refractivity contribution is -0.131. The number of unbranched alkanes of at least 4 members (excludes halogenated alkanes) is 3. The molecule has 1 aliphatic rings. The molecule has 1 fully saturated rings. The van der Waals surface area contributed by atoms with E-state index < -0.39 is 21.9 Å². The van der Waals surface area contributed by atoms with Crippen molar-refractivity contribution in [3.8, 4) is 5.75 Å². The molecule has 28 heavy (non-hydrogen) atoms. The predicted octanol–water partition coefficient (Wildman–Crippen LogP) is 3.17. The van der Waals surface area contributed by atoms with Crippen LogP contribution in [0.4, 0.5) is 10.5 Å². The standard InChI is InChI=1S/C19H27N3O5S/c1-4-5-6-7-12-22(18(24)20-2)17(23)19(10-11-19)14-8-9-16(27-3)15(13-14)21-28(25)26/h8-9,13H,4-7,10-12H2,1-3H3,(H,20,24). The molecule has 154 valence electrons. The molecule has 1 saturated carbocycles. The number of hydrogen-bond donors (Lipinski definition) is 1. The Bertz CT molecular complexity index is 854. The number of nitrogens with one attached hydrogen (secondary N) is 1. The summed E-state index contributed by atoms with van der Waals surface area (Å²) < 4.78 is 30.7. The fourth-order valence-electron chi connectivity index (χ4n) is 3.28. The van der Waals surface area contributed by atoms with Crippen LogP contribution in [0.5, 0.6) is 5.75 Å². The maximum Gasteiger partial charge on any atom is 0.323 e. The lowest BCUT2D eigenvalue weighted by atomic mass is 9.93. The Morgan fingerprint density at radius 3 is 2.50 bits per heavy atom. The molecule has 0 radical (unpaired) electrons.